The number of aromatic nitrogens is 4. The van der Waals surface area contributed by atoms with E-state index in [4.69, 9.17) is 4.74 Å². The van der Waals surface area contributed by atoms with Crippen LogP contribution in [0, 0.1) is 17.8 Å². The Kier molecular flexibility index (Phi) is 5.96. The number of rotatable bonds is 6. The van der Waals surface area contributed by atoms with Gasteiger partial charge in [0.1, 0.15) is 6.33 Å². The van der Waals surface area contributed by atoms with Crippen molar-refractivity contribution in [3.8, 4) is 0 Å². The fourth-order valence-corrected chi connectivity index (χ4v) is 4.48. The minimum absolute atomic E-state index is 0.0579. The predicted octanol–water partition coefficient (Wildman–Crippen LogP) is 0.670. The molecule has 9 heteroatoms. The Labute approximate surface area is 171 Å². The van der Waals surface area contributed by atoms with Crippen molar-refractivity contribution >= 4 is 17.4 Å². The molecule has 9 nitrogen and oxygen atoms in total. The highest BCUT2D eigenvalue weighted by Crippen LogP contribution is 2.29. The summed E-state index contributed by atoms with van der Waals surface area (Å²) < 4.78 is 7.33. The van der Waals surface area contributed by atoms with Gasteiger partial charge in [-0.05, 0) is 11.8 Å². The van der Waals surface area contributed by atoms with Crippen LogP contribution in [0.15, 0.2) is 18.7 Å². The Balaban J connectivity index is 1.39. The van der Waals surface area contributed by atoms with E-state index in [0.717, 1.165) is 44.3 Å². The molecule has 4 heterocycles. The molecule has 2 fully saturated rings. The number of hydrogen-bond acceptors (Lipinski definition) is 7. The first-order valence-electron chi connectivity index (χ1n) is 10.5. The van der Waals surface area contributed by atoms with Crippen LogP contribution >= 0.6 is 0 Å². The summed E-state index contributed by atoms with van der Waals surface area (Å²) in [5.41, 5.74) is 0.730. The first kappa shape index (κ1) is 20.0. The fourth-order valence-electron chi connectivity index (χ4n) is 4.48. The summed E-state index contributed by atoms with van der Waals surface area (Å²) in [6.45, 7) is 12.1. The van der Waals surface area contributed by atoms with Gasteiger partial charge in [-0.15, -0.1) is 10.2 Å². The van der Waals surface area contributed by atoms with Crippen molar-refractivity contribution in [2.75, 3.05) is 50.8 Å². The maximum absolute atomic E-state index is 13.0. The Hall–Kier alpha value is -2.26. The van der Waals surface area contributed by atoms with E-state index in [1.807, 2.05) is 10.6 Å². The van der Waals surface area contributed by atoms with E-state index >= 15 is 0 Å². The minimum Gasteiger partial charge on any atom is -0.379 e. The van der Waals surface area contributed by atoms with E-state index in [1.54, 1.807) is 12.5 Å². The molecule has 0 aliphatic carbocycles. The Bertz CT molecular complexity index is 833. The zero-order valence-electron chi connectivity index (χ0n) is 17.5. The van der Waals surface area contributed by atoms with E-state index in [2.05, 4.69) is 51.1 Å². The van der Waals surface area contributed by atoms with Gasteiger partial charge in [0.15, 0.2) is 5.82 Å². The van der Waals surface area contributed by atoms with E-state index in [0.29, 0.717) is 25.0 Å². The number of amides is 1. The Morgan fingerprint density at radius 3 is 2.86 bits per heavy atom. The molecule has 2 aliphatic rings. The number of ether oxygens (including phenoxy) is 1. The number of fused-ring (bicyclic) bond motifs is 1. The second kappa shape index (κ2) is 8.62. The van der Waals surface area contributed by atoms with Crippen LogP contribution in [0.1, 0.15) is 20.8 Å². The summed E-state index contributed by atoms with van der Waals surface area (Å²) in [7, 11) is 0. The number of hydrogen-bond donors (Lipinski definition) is 1. The number of morpholine rings is 1. The van der Waals surface area contributed by atoms with Crippen LogP contribution in [0.4, 0.5) is 5.82 Å². The lowest BCUT2D eigenvalue weighted by atomic mass is 9.96. The predicted molar refractivity (Wildman–Crippen MR) is 110 cm³/mol. The molecular weight excluding hydrogens is 370 g/mol. The monoisotopic (exact) mass is 401 g/mol. The van der Waals surface area contributed by atoms with E-state index in [9.17, 15) is 4.79 Å². The molecule has 0 aromatic carbocycles. The molecule has 2 aliphatic heterocycles. The average Bonchev–Trinajstić information content (AvgIpc) is 3.35. The molecule has 2 aromatic rings. The van der Waals surface area contributed by atoms with Gasteiger partial charge in [-0.3, -0.25) is 14.1 Å². The van der Waals surface area contributed by atoms with Crippen LogP contribution in [0.3, 0.4) is 0 Å². The van der Waals surface area contributed by atoms with Crippen molar-refractivity contribution < 1.29 is 9.53 Å². The molecule has 29 heavy (non-hydrogen) atoms. The Morgan fingerprint density at radius 2 is 2.10 bits per heavy atom. The van der Waals surface area contributed by atoms with Crippen LogP contribution < -0.4 is 10.2 Å². The zero-order chi connectivity index (χ0) is 20.4. The normalized spacial score (nSPS) is 24.3. The summed E-state index contributed by atoms with van der Waals surface area (Å²) in [4.78, 5) is 22.1. The lowest BCUT2D eigenvalue weighted by Gasteiger charge is -2.37. The highest BCUT2D eigenvalue weighted by molar-refractivity contribution is 5.81. The van der Waals surface area contributed by atoms with Crippen LogP contribution in [0.25, 0.3) is 5.65 Å². The van der Waals surface area contributed by atoms with Crippen molar-refractivity contribution in [3.05, 3.63) is 18.7 Å². The second-order valence-electron chi connectivity index (χ2n) is 8.51. The summed E-state index contributed by atoms with van der Waals surface area (Å²) in [6, 6.07) is 0.335. The average molecular weight is 402 g/mol. The highest BCUT2D eigenvalue weighted by atomic mass is 16.5. The lowest BCUT2D eigenvalue weighted by Crippen LogP contribution is -2.52. The van der Waals surface area contributed by atoms with E-state index in [1.165, 1.54) is 0 Å². The molecule has 0 spiro atoms. The van der Waals surface area contributed by atoms with Crippen LogP contribution in [0.5, 0.6) is 0 Å². The molecule has 2 saturated heterocycles. The van der Waals surface area contributed by atoms with Crippen LogP contribution in [-0.2, 0) is 9.53 Å². The molecule has 158 valence electrons. The third-order valence-corrected chi connectivity index (χ3v) is 6.22. The van der Waals surface area contributed by atoms with Crippen molar-refractivity contribution in [1.82, 2.24) is 29.8 Å². The molecule has 3 atom stereocenters. The quantitative estimate of drug-likeness (QED) is 0.761. The third-order valence-electron chi connectivity index (χ3n) is 6.22. The van der Waals surface area contributed by atoms with Crippen molar-refractivity contribution in [3.63, 3.8) is 0 Å². The molecule has 0 bridgehead atoms. The summed E-state index contributed by atoms with van der Waals surface area (Å²) in [5, 5.41) is 11.4. The van der Waals surface area contributed by atoms with Gasteiger partial charge in [0.25, 0.3) is 0 Å². The third kappa shape index (κ3) is 4.20. The van der Waals surface area contributed by atoms with Gasteiger partial charge in [-0.1, -0.05) is 20.8 Å². The first-order valence-corrected chi connectivity index (χ1v) is 10.5. The van der Waals surface area contributed by atoms with E-state index in [-0.39, 0.29) is 17.7 Å². The van der Waals surface area contributed by atoms with Crippen LogP contribution in [0.2, 0.25) is 0 Å². The number of nitrogens with zero attached hydrogens (tertiary/aromatic N) is 6. The van der Waals surface area contributed by atoms with Gasteiger partial charge >= 0.3 is 0 Å². The molecule has 1 N–H and O–H groups in total. The second-order valence-corrected chi connectivity index (χ2v) is 8.51. The van der Waals surface area contributed by atoms with Gasteiger partial charge < -0.3 is 15.0 Å². The Morgan fingerprint density at radius 1 is 1.31 bits per heavy atom. The number of anilines is 1. The molecule has 0 saturated carbocycles. The zero-order valence-corrected chi connectivity index (χ0v) is 17.5. The van der Waals surface area contributed by atoms with Gasteiger partial charge in [0.2, 0.25) is 11.6 Å². The van der Waals surface area contributed by atoms with Crippen molar-refractivity contribution in [2.24, 2.45) is 17.8 Å². The lowest BCUT2D eigenvalue weighted by molar-refractivity contribution is -0.125. The van der Waals surface area contributed by atoms with Crippen LogP contribution in [-0.4, -0.2) is 82.4 Å². The fraction of sp³-hybridized carbons (Fsp3) is 0.700. The number of carbonyl (C=O) groups excluding carboxylic acids is 1. The van der Waals surface area contributed by atoms with Crippen molar-refractivity contribution in [2.45, 2.75) is 26.8 Å². The maximum Gasteiger partial charge on any atom is 0.225 e. The molecule has 4 rings (SSSR count). The largest absolute Gasteiger partial charge is 0.379 e. The summed E-state index contributed by atoms with van der Waals surface area (Å²) in [5.74, 6) is 1.59. The van der Waals surface area contributed by atoms with E-state index < -0.39 is 0 Å². The smallest absolute Gasteiger partial charge is 0.225 e. The SMILES string of the molecule is CC(C)[C@H](CNC(=O)[C@@H]1CN(c2nccn3cnnc23)C[C@@H]1C)N1CCOCC1. The molecular formula is C20H31N7O2. The molecule has 0 radical (unpaired) electrons. The molecule has 2 aromatic heterocycles. The molecule has 1 amide bonds. The van der Waals surface area contributed by atoms with Gasteiger partial charge in [-0.25, -0.2) is 4.98 Å². The first-order chi connectivity index (χ1) is 14.0. The molecule has 0 unspecified atom stereocenters. The minimum atomic E-state index is -0.0579. The van der Waals surface area contributed by atoms with Gasteiger partial charge in [0.05, 0.1) is 19.1 Å². The number of nitrogens with one attached hydrogen (secondary N) is 1. The summed E-state index contributed by atoms with van der Waals surface area (Å²) >= 11 is 0. The highest BCUT2D eigenvalue weighted by Gasteiger charge is 2.37. The standard InChI is InChI=1S/C20H31N7O2/c1-14(2)17(25-6-8-29-9-7-25)10-22-20(28)16-12-27(11-15(16)3)18-19-24-23-13-26(19)5-4-21-18/h4-5,13-17H,6-12H2,1-3H3,(H,22,28)/t15-,16+,17-/m0/s1. The van der Waals surface area contributed by atoms with Gasteiger partial charge in [0, 0.05) is 51.2 Å². The number of carbonyl (C=O) groups is 1. The topological polar surface area (TPSA) is 87.9 Å². The summed E-state index contributed by atoms with van der Waals surface area (Å²) in [6.07, 6.45) is 5.25. The van der Waals surface area contributed by atoms with Gasteiger partial charge in [-0.2, -0.15) is 0 Å². The van der Waals surface area contributed by atoms with Crippen molar-refractivity contribution in [1.29, 1.82) is 0 Å². The maximum atomic E-state index is 13.0.